The fourth-order valence-electron chi connectivity index (χ4n) is 1.60. The number of amides is 1. The van der Waals surface area contributed by atoms with Gasteiger partial charge in [0.2, 0.25) is 0 Å². The van der Waals surface area contributed by atoms with E-state index in [4.69, 9.17) is 11.6 Å². The minimum atomic E-state index is -2.99. The number of nitrogens with one attached hydrogen (secondary N) is 1. The van der Waals surface area contributed by atoms with Crippen LogP contribution in [0.15, 0.2) is 42.5 Å². The van der Waals surface area contributed by atoms with Gasteiger partial charge in [0.25, 0.3) is 5.91 Å². The monoisotopic (exact) mass is 315 g/mol. The van der Waals surface area contributed by atoms with Gasteiger partial charge in [-0.1, -0.05) is 17.7 Å². The molecule has 0 aliphatic heterocycles. The summed E-state index contributed by atoms with van der Waals surface area (Å²) in [6.07, 6.45) is 0. The van der Waals surface area contributed by atoms with Gasteiger partial charge in [-0.25, -0.2) is 4.39 Å². The standard InChI is InChI=1S/C14H9ClF3NO2/c15-9-4-5-11(16)12(7-9)19-13(20)8-2-1-3-10(6-8)21-14(17)18/h1-7,14H,(H,19,20). The van der Waals surface area contributed by atoms with Crippen molar-refractivity contribution in [3.8, 4) is 5.75 Å². The molecule has 0 unspecified atom stereocenters. The second kappa shape index (κ2) is 6.49. The van der Waals surface area contributed by atoms with E-state index in [0.29, 0.717) is 0 Å². The van der Waals surface area contributed by atoms with Gasteiger partial charge in [0.1, 0.15) is 11.6 Å². The highest BCUT2D eigenvalue weighted by Gasteiger charge is 2.12. The van der Waals surface area contributed by atoms with Gasteiger partial charge >= 0.3 is 6.61 Å². The Labute approximate surface area is 123 Å². The second-order valence-corrected chi connectivity index (χ2v) is 4.42. The Kier molecular flexibility index (Phi) is 4.70. The number of anilines is 1. The Bertz CT molecular complexity index is 664. The number of hydrogen-bond acceptors (Lipinski definition) is 2. The highest BCUT2D eigenvalue weighted by molar-refractivity contribution is 6.31. The quantitative estimate of drug-likeness (QED) is 0.912. The second-order valence-electron chi connectivity index (χ2n) is 3.98. The van der Waals surface area contributed by atoms with Gasteiger partial charge in [-0.15, -0.1) is 0 Å². The van der Waals surface area contributed by atoms with Gasteiger partial charge in [0.15, 0.2) is 0 Å². The van der Waals surface area contributed by atoms with Crippen LogP contribution in [0.4, 0.5) is 18.9 Å². The first-order valence-corrected chi connectivity index (χ1v) is 6.15. The minimum absolute atomic E-state index is 0.0486. The van der Waals surface area contributed by atoms with Crippen LogP contribution < -0.4 is 10.1 Å². The van der Waals surface area contributed by atoms with Gasteiger partial charge in [-0.2, -0.15) is 8.78 Å². The van der Waals surface area contributed by atoms with Crippen molar-refractivity contribution in [3.63, 3.8) is 0 Å². The summed E-state index contributed by atoms with van der Waals surface area (Å²) in [7, 11) is 0. The Balaban J connectivity index is 2.18. The van der Waals surface area contributed by atoms with E-state index in [2.05, 4.69) is 10.1 Å². The molecule has 2 aromatic rings. The normalized spacial score (nSPS) is 10.5. The first-order chi connectivity index (χ1) is 9.95. The van der Waals surface area contributed by atoms with Crippen molar-refractivity contribution < 1.29 is 22.7 Å². The van der Waals surface area contributed by atoms with Crippen LogP contribution >= 0.6 is 11.6 Å². The van der Waals surface area contributed by atoms with Crippen molar-refractivity contribution in [1.82, 2.24) is 0 Å². The number of benzene rings is 2. The van der Waals surface area contributed by atoms with Crippen LogP contribution in [0.3, 0.4) is 0 Å². The molecule has 3 nitrogen and oxygen atoms in total. The topological polar surface area (TPSA) is 38.3 Å². The highest BCUT2D eigenvalue weighted by atomic mass is 35.5. The summed E-state index contributed by atoms with van der Waals surface area (Å²) in [4.78, 5) is 12.0. The maximum atomic E-state index is 13.5. The van der Waals surface area contributed by atoms with Crippen LogP contribution in [0.2, 0.25) is 5.02 Å². The Morgan fingerprint density at radius 1 is 1.19 bits per heavy atom. The van der Waals surface area contributed by atoms with Crippen molar-refractivity contribution in [2.75, 3.05) is 5.32 Å². The number of ether oxygens (including phenoxy) is 1. The molecule has 110 valence electrons. The first-order valence-electron chi connectivity index (χ1n) is 5.77. The van der Waals surface area contributed by atoms with Crippen LogP contribution in [0.25, 0.3) is 0 Å². The van der Waals surface area contributed by atoms with Crippen molar-refractivity contribution in [3.05, 3.63) is 58.9 Å². The average molecular weight is 316 g/mol. The maximum absolute atomic E-state index is 13.5. The molecule has 0 atom stereocenters. The zero-order valence-electron chi connectivity index (χ0n) is 10.4. The fourth-order valence-corrected chi connectivity index (χ4v) is 1.77. The smallest absolute Gasteiger partial charge is 0.387 e. The number of alkyl halides is 2. The summed E-state index contributed by atoms with van der Waals surface area (Å²) >= 11 is 5.71. The van der Waals surface area contributed by atoms with Crippen LogP contribution in [0, 0.1) is 5.82 Å². The number of carbonyl (C=O) groups excluding carboxylic acids is 1. The number of halogens is 4. The zero-order chi connectivity index (χ0) is 15.4. The molecule has 0 heterocycles. The molecule has 0 saturated carbocycles. The summed E-state index contributed by atoms with van der Waals surface area (Å²) in [6, 6.07) is 8.86. The van der Waals surface area contributed by atoms with E-state index < -0.39 is 18.3 Å². The van der Waals surface area contributed by atoms with Gasteiger partial charge in [0.05, 0.1) is 5.69 Å². The van der Waals surface area contributed by atoms with Crippen molar-refractivity contribution in [2.24, 2.45) is 0 Å². The lowest BCUT2D eigenvalue weighted by atomic mass is 10.2. The van der Waals surface area contributed by atoms with Crippen molar-refractivity contribution in [1.29, 1.82) is 0 Å². The van der Waals surface area contributed by atoms with Crippen LogP contribution in [-0.2, 0) is 0 Å². The Morgan fingerprint density at radius 2 is 1.95 bits per heavy atom. The van der Waals surface area contributed by atoms with Gasteiger partial charge in [0, 0.05) is 10.6 Å². The van der Waals surface area contributed by atoms with E-state index in [0.717, 1.165) is 12.1 Å². The molecule has 1 N–H and O–H groups in total. The average Bonchev–Trinajstić information content (AvgIpc) is 2.42. The van der Waals surface area contributed by atoms with E-state index >= 15 is 0 Å². The molecule has 1 amide bonds. The van der Waals surface area contributed by atoms with Crippen LogP contribution in [-0.4, -0.2) is 12.5 Å². The Morgan fingerprint density at radius 3 is 2.67 bits per heavy atom. The summed E-state index contributed by atoms with van der Waals surface area (Å²) in [5.41, 5.74) is -0.0554. The molecule has 0 aliphatic carbocycles. The molecule has 0 aliphatic rings. The minimum Gasteiger partial charge on any atom is -0.435 e. The molecule has 2 rings (SSSR count). The number of hydrogen-bond donors (Lipinski definition) is 1. The molecule has 0 aromatic heterocycles. The predicted molar refractivity (Wildman–Crippen MR) is 72.4 cm³/mol. The third-order valence-electron chi connectivity index (χ3n) is 2.50. The third-order valence-corrected chi connectivity index (χ3v) is 2.73. The van der Waals surface area contributed by atoms with Gasteiger partial charge < -0.3 is 10.1 Å². The molecule has 21 heavy (non-hydrogen) atoms. The lowest BCUT2D eigenvalue weighted by molar-refractivity contribution is -0.0498. The van der Waals surface area contributed by atoms with E-state index in [1.807, 2.05) is 0 Å². The fraction of sp³-hybridized carbons (Fsp3) is 0.0714. The Hall–Kier alpha value is -2.21. The third kappa shape index (κ3) is 4.13. The van der Waals surface area contributed by atoms with Crippen LogP contribution in [0.5, 0.6) is 5.75 Å². The van der Waals surface area contributed by atoms with E-state index in [-0.39, 0.29) is 22.0 Å². The molecule has 0 bridgehead atoms. The number of rotatable bonds is 4. The SMILES string of the molecule is O=C(Nc1cc(Cl)ccc1F)c1cccc(OC(F)F)c1. The van der Waals surface area contributed by atoms with Gasteiger partial charge in [-0.05, 0) is 36.4 Å². The van der Waals surface area contributed by atoms with E-state index in [1.54, 1.807) is 0 Å². The zero-order valence-corrected chi connectivity index (χ0v) is 11.2. The molecular weight excluding hydrogens is 307 g/mol. The highest BCUT2D eigenvalue weighted by Crippen LogP contribution is 2.21. The molecule has 0 fully saturated rings. The summed E-state index contributed by atoms with van der Waals surface area (Å²) in [5.74, 6) is -1.49. The summed E-state index contributed by atoms with van der Waals surface area (Å²) in [5, 5.41) is 2.56. The lowest BCUT2D eigenvalue weighted by Crippen LogP contribution is -2.13. The van der Waals surface area contributed by atoms with Gasteiger partial charge in [-0.3, -0.25) is 4.79 Å². The molecule has 0 spiro atoms. The first kappa shape index (κ1) is 15.2. The van der Waals surface area contributed by atoms with E-state index in [1.165, 1.54) is 30.3 Å². The summed E-state index contributed by atoms with van der Waals surface area (Å²) < 4.78 is 41.9. The number of carbonyl (C=O) groups is 1. The van der Waals surface area contributed by atoms with Crippen LogP contribution in [0.1, 0.15) is 10.4 Å². The molecule has 7 heteroatoms. The largest absolute Gasteiger partial charge is 0.435 e. The van der Waals surface area contributed by atoms with Crippen molar-refractivity contribution >= 4 is 23.2 Å². The van der Waals surface area contributed by atoms with Crippen molar-refractivity contribution in [2.45, 2.75) is 6.61 Å². The van der Waals surface area contributed by atoms with E-state index in [9.17, 15) is 18.0 Å². The molecule has 0 radical (unpaired) electrons. The molecular formula is C14H9ClF3NO2. The molecule has 0 saturated heterocycles. The molecule has 2 aromatic carbocycles. The maximum Gasteiger partial charge on any atom is 0.387 e. The summed E-state index contributed by atoms with van der Waals surface area (Å²) in [6.45, 7) is -2.99. The lowest BCUT2D eigenvalue weighted by Gasteiger charge is -2.09. The predicted octanol–water partition coefficient (Wildman–Crippen LogP) is 4.33.